The van der Waals surface area contributed by atoms with Crippen LogP contribution in [0.1, 0.15) is 23.1 Å². The molecule has 106 valence electrons. The fourth-order valence-electron chi connectivity index (χ4n) is 2.36. The monoisotopic (exact) mass is 282 g/mol. The van der Waals surface area contributed by atoms with E-state index in [1.54, 1.807) is 24.3 Å². The number of hydrogen-bond donors (Lipinski definition) is 3. The smallest absolute Gasteiger partial charge is 0.272 e. The Labute approximate surface area is 120 Å². The lowest BCUT2D eigenvalue weighted by atomic mass is 10.0. The van der Waals surface area contributed by atoms with Gasteiger partial charge in [-0.3, -0.25) is 4.79 Å². The Hall–Kier alpha value is -2.50. The molecule has 1 heterocycles. The van der Waals surface area contributed by atoms with E-state index in [2.05, 4.69) is 10.2 Å². The van der Waals surface area contributed by atoms with E-state index in [-0.39, 0.29) is 5.56 Å². The molecule has 0 atom stereocenters. The van der Waals surface area contributed by atoms with Crippen molar-refractivity contribution in [3.8, 4) is 0 Å². The number of nitrogens with one attached hydrogen (secondary N) is 1. The summed E-state index contributed by atoms with van der Waals surface area (Å²) in [5, 5.41) is 26.4. The van der Waals surface area contributed by atoms with Crippen LogP contribution in [-0.4, -0.2) is 20.4 Å². The summed E-state index contributed by atoms with van der Waals surface area (Å²) in [5.41, 5.74) is 1.86. The predicted molar refractivity (Wildman–Crippen MR) is 78.8 cm³/mol. The van der Waals surface area contributed by atoms with Crippen LogP contribution in [0.4, 0.5) is 0 Å². The Morgan fingerprint density at radius 2 is 1.81 bits per heavy atom. The highest BCUT2D eigenvalue weighted by molar-refractivity contribution is 5.83. The third-order valence-electron chi connectivity index (χ3n) is 3.40. The average molecular weight is 282 g/mol. The lowest BCUT2D eigenvalue weighted by Gasteiger charge is -2.08. The number of benzene rings is 2. The Kier molecular flexibility index (Phi) is 3.51. The maximum atomic E-state index is 11.7. The number of rotatable bonds is 3. The maximum absolute atomic E-state index is 11.7. The standard InChI is InChI=1S/C16H14N2O3/c19-15-13-7-2-1-6-12(13)14(17-18-15)9-10-4-3-5-11(8-10)16(20)21/h1-8,16,20-21H,9H2,(H,18,19). The molecule has 21 heavy (non-hydrogen) atoms. The van der Waals surface area contributed by atoms with E-state index in [0.29, 0.717) is 17.4 Å². The van der Waals surface area contributed by atoms with Crippen molar-refractivity contribution >= 4 is 10.8 Å². The molecule has 0 aliphatic carbocycles. The lowest BCUT2D eigenvalue weighted by Crippen LogP contribution is -2.11. The SMILES string of the molecule is O=c1[nH]nc(Cc2cccc(C(O)O)c2)c2ccccc12. The molecule has 3 N–H and O–H groups in total. The summed E-state index contributed by atoms with van der Waals surface area (Å²) in [6.45, 7) is 0. The Morgan fingerprint density at radius 3 is 2.57 bits per heavy atom. The van der Waals surface area contributed by atoms with E-state index in [9.17, 15) is 15.0 Å². The van der Waals surface area contributed by atoms with E-state index in [1.807, 2.05) is 24.3 Å². The Morgan fingerprint density at radius 1 is 1.05 bits per heavy atom. The zero-order valence-corrected chi connectivity index (χ0v) is 11.2. The molecule has 0 bridgehead atoms. The summed E-state index contributed by atoms with van der Waals surface area (Å²) in [4.78, 5) is 11.7. The molecule has 0 aliphatic heterocycles. The second kappa shape index (κ2) is 5.47. The molecule has 3 rings (SSSR count). The number of aromatic amines is 1. The molecule has 5 nitrogen and oxygen atoms in total. The van der Waals surface area contributed by atoms with Crippen molar-refractivity contribution < 1.29 is 10.2 Å². The van der Waals surface area contributed by atoms with E-state index >= 15 is 0 Å². The van der Waals surface area contributed by atoms with Crippen LogP contribution < -0.4 is 5.56 Å². The highest BCUT2D eigenvalue weighted by atomic mass is 16.5. The maximum Gasteiger partial charge on any atom is 0.272 e. The molecule has 0 unspecified atom stereocenters. The van der Waals surface area contributed by atoms with Crippen molar-refractivity contribution in [2.45, 2.75) is 12.7 Å². The first-order valence-electron chi connectivity index (χ1n) is 6.56. The van der Waals surface area contributed by atoms with Gasteiger partial charge in [-0.15, -0.1) is 0 Å². The number of hydrogen-bond acceptors (Lipinski definition) is 4. The average Bonchev–Trinajstić information content (AvgIpc) is 2.51. The zero-order chi connectivity index (χ0) is 14.8. The first-order valence-corrected chi connectivity index (χ1v) is 6.56. The molecule has 0 saturated heterocycles. The molecule has 2 aromatic carbocycles. The van der Waals surface area contributed by atoms with Gasteiger partial charge in [0.05, 0.1) is 11.1 Å². The first kappa shape index (κ1) is 13.5. The second-order valence-electron chi connectivity index (χ2n) is 4.84. The van der Waals surface area contributed by atoms with Crippen molar-refractivity contribution in [3.63, 3.8) is 0 Å². The molecule has 0 amide bonds. The van der Waals surface area contributed by atoms with Gasteiger partial charge in [0, 0.05) is 17.4 Å². The molecule has 0 saturated carbocycles. The molecule has 5 heteroatoms. The summed E-state index contributed by atoms with van der Waals surface area (Å²) >= 11 is 0. The van der Waals surface area contributed by atoms with E-state index in [4.69, 9.17) is 0 Å². The van der Waals surface area contributed by atoms with Crippen molar-refractivity contribution in [1.82, 2.24) is 10.2 Å². The van der Waals surface area contributed by atoms with E-state index < -0.39 is 6.29 Å². The van der Waals surface area contributed by atoms with E-state index in [1.165, 1.54) is 0 Å². The highest BCUT2D eigenvalue weighted by Gasteiger charge is 2.08. The lowest BCUT2D eigenvalue weighted by molar-refractivity contribution is -0.0425. The third kappa shape index (κ3) is 2.69. The summed E-state index contributed by atoms with van der Waals surface area (Å²) in [6, 6.07) is 14.3. The summed E-state index contributed by atoms with van der Waals surface area (Å²) in [7, 11) is 0. The van der Waals surface area contributed by atoms with Gasteiger partial charge in [-0.05, 0) is 11.6 Å². The minimum Gasteiger partial charge on any atom is -0.364 e. The summed E-state index contributed by atoms with van der Waals surface area (Å²) < 4.78 is 0. The van der Waals surface area contributed by atoms with Crippen molar-refractivity contribution in [3.05, 3.63) is 75.7 Å². The van der Waals surface area contributed by atoms with Gasteiger partial charge in [-0.2, -0.15) is 5.10 Å². The van der Waals surface area contributed by atoms with Gasteiger partial charge in [-0.25, -0.2) is 5.10 Å². The normalized spacial score (nSPS) is 11.2. The fourth-order valence-corrected chi connectivity index (χ4v) is 2.36. The largest absolute Gasteiger partial charge is 0.364 e. The minimum atomic E-state index is -1.50. The number of fused-ring (bicyclic) bond motifs is 1. The van der Waals surface area contributed by atoms with Gasteiger partial charge in [0.25, 0.3) is 5.56 Å². The van der Waals surface area contributed by atoms with Crippen LogP contribution in [-0.2, 0) is 6.42 Å². The van der Waals surface area contributed by atoms with Crippen LogP contribution in [0.25, 0.3) is 10.8 Å². The first-order chi connectivity index (χ1) is 10.1. The number of aromatic nitrogens is 2. The van der Waals surface area contributed by atoms with Crippen molar-refractivity contribution in [2.24, 2.45) is 0 Å². The molecule has 3 aromatic rings. The van der Waals surface area contributed by atoms with Gasteiger partial charge in [-0.1, -0.05) is 42.5 Å². The van der Waals surface area contributed by atoms with Gasteiger partial charge in [0.15, 0.2) is 6.29 Å². The zero-order valence-electron chi connectivity index (χ0n) is 11.2. The Balaban J connectivity index is 2.05. The molecule has 0 radical (unpaired) electrons. The molecule has 0 spiro atoms. The van der Waals surface area contributed by atoms with Crippen LogP contribution >= 0.6 is 0 Å². The third-order valence-corrected chi connectivity index (χ3v) is 3.40. The molecular weight excluding hydrogens is 268 g/mol. The molecule has 0 aliphatic rings. The van der Waals surface area contributed by atoms with Crippen LogP contribution in [0.2, 0.25) is 0 Å². The second-order valence-corrected chi connectivity index (χ2v) is 4.84. The quantitative estimate of drug-likeness (QED) is 0.635. The van der Waals surface area contributed by atoms with Crippen molar-refractivity contribution in [2.75, 3.05) is 0 Å². The molecular formula is C16H14N2O3. The topological polar surface area (TPSA) is 86.2 Å². The van der Waals surface area contributed by atoms with Crippen molar-refractivity contribution in [1.29, 1.82) is 0 Å². The minimum absolute atomic E-state index is 0.214. The van der Waals surface area contributed by atoms with Gasteiger partial charge < -0.3 is 10.2 Å². The van der Waals surface area contributed by atoms with Crippen LogP contribution in [0.15, 0.2) is 53.3 Å². The van der Waals surface area contributed by atoms with Gasteiger partial charge in [0.2, 0.25) is 0 Å². The van der Waals surface area contributed by atoms with Crippen LogP contribution in [0.3, 0.4) is 0 Å². The van der Waals surface area contributed by atoms with Gasteiger partial charge >= 0.3 is 0 Å². The van der Waals surface area contributed by atoms with E-state index in [0.717, 1.165) is 16.6 Å². The number of H-pyrrole nitrogens is 1. The summed E-state index contributed by atoms with van der Waals surface area (Å²) in [6.07, 6.45) is -0.997. The number of aliphatic hydroxyl groups excluding tert-OH is 1. The van der Waals surface area contributed by atoms with Crippen LogP contribution in [0.5, 0.6) is 0 Å². The predicted octanol–water partition coefficient (Wildman–Crippen LogP) is 1.50. The molecule has 1 aromatic heterocycles. The summed E-state index contributed by atoms with van der Waals surface area (Å²) in [5.74, 6) is 0. The highest BCUT2D eigenvalue weighted by Crippen LogP contribution is 2.18. The van der Waals surface area contributed by atoms with Crippen LogP contribution in [0, 0.1) is 0 Å². The Bertz CT molecular complexity index is 840. The number of aliphatic hydroxyl groups is 2. The molecule has 0 fully saturated rings. The fraction of sp³-hybridized carbons (Fsp3) is 0.125. The number of nitrogens with zero attached hydrogens (tertiary/aromatic N) is 1. The van der Waals surface area contributed by atoms with Gasteiger partial charge in [0.1, 0.15) is 0 Å².